The van der Waals surface area contributed by atoms with Crippen molar-refractivity contribution in [1.29, 1.82) is 0 Å². The van der Waals surface area contributed by atoms with Crippen molar-refractivity contribution < 1.29 is 37.0 Å². The van der Waals surface area contributed by atoms with Crippen LogP contribution in [0.15, 0.2) is 41.3 Å². The second kappa shape index (κ2) is 8.59. The van der Waals surface area contributed by atoms with Gasteiger partial charge in [-0.3, -0.25) is 9.59 Å². The molecule has 1 aliphatic heterocycles. The standard InChI is InChI=1S/C17H17F3O5S/c1-10(21)23-9-15-14(24-11(2)22)7-8-16(25-15)26-13-5-3-12(4-6-13)17(18,19)20/h3-8,14-16H,9H2,1-2H3/t14-,15+,16+/m0/s1. The Hall–Kier alpha value is -2.00. The van der Waals surface area contributed by atoms with Crippen LogP contribution in [0.2, 0.25) is 0 Å². The van der Waals surface area contributed by atoms with Crippen molar-refractivity contribution in [3.8, 4) is 0 Å². The van der Waals surface area contributed by atoms with E-state index in [1.807, 2.05) is 0 Å². The fourth-order valence-electron chi connectivity index (χ4n) is 2.18. The normalized spacial score (nSPS) is 22.7. The van der Waals surface area contributed by atoms with E-state index < -0.39 is 41.3 Å². The average molecular weight is 390 g/mol. The number of thioether (sulfide) groups is 1. The second-order valence-electron chi connectivity index (χ2n) is 5.44. The van der Waals surface area contributed by atoms with Gasteiger partial charge in [0.2, 0.25) is 0 Å². The highest BCUT2D eigenvalue weighted by atomic mass is 32.2. The minimum atomic E-state index is -4.39. The van der Waals surface area contributed by atoms with Gasteiger partial charge in [0.25, 0.3) is 0 Å². The molecule has 1 aliphatic rings. The molecule has 0 aromatic heterocycles. The Kier molecular flexibility index (Phi) is 6.71. The van der Waals surface area contributed by atoms with Crippen LogP contribution in [0.3, 0.4) is 0 Å². The highest BCUT2D eigenvalue weighted by Gasteiger charge is 2.32. The van der Waals surface area contributed by atoms with Gasteiger partial charge in [-0.2, -0.15) is 13.2 Å². The van der Waals surface area contributed by atoms with E-state index in [0.717, 1.165) is 12.1 Å². The van der Waals surface area contributed by atoms with Gasteiger partial charge < -0.3 is 14.2 Å². The molecular weight excluding hydrogens is 373 g/mol. The Morgan fingerprint density at radius 3 is 2.31 bits per heavy atom. The Bertz CT molecular complexity index is 672. The lowest BCUT2D eigenvalue weighted by atomic mass is 10.1. The van der Waals surface area contributed by atoms with Crippen molar-refractivity contribution in [2.24, 2.45) is 0 Å². The molecule has 0 saturated heterocycles. The molecule has 3 atom stereocenters. The molecule has 5 nitrogen and oxygen atoms in total. The van der Waals surface area contributed by atoms with Crippen molar-refractivity contribution in [2.45, 2.75) is 42.6 Å². The molecule has 9 heteroatoms. The van der Waals surface area contributed by atoms with Gasteiger partial charge in [-0.05, 0) is 36.4 Å². The monoisotopic (exact) mass is 390 g/mol. The lowest BCUT2D eigenvalue weighted by molar-refractivity contribution is -0.160. The molecule has 1 aromatic rings. The van der Waals surface area contributed by atoms with Gasteiger partial charge in [0.05, 0.1) is 5.56 Å². The predicted molar refractivity (Wildman–Crippen MR) is 87.3 cm³/mol. The first-order chi connectivity index (χ1) is 12.1. The molecule has 0 spiro atoms. The quantitative estimate of drug-likeness (QED) is 0.566. The summed E-state index contributed by atoms with van der Waals surface area (Å²) in [5.41, 5.74) is -1.26. The van der Waals surface area contributed by atoms with Crippen molar-refractivity contribution in [3.63, 3.8) is 0 Å². The van der Waals surface area contributed by atoms with E-state index in [-0.39, 0.29) is 6.61 Å². The van der Waals surface area contributed by atoms with Gasteiger partial charge in [0, 0.05) is 18.7 Å². The summed E-state index contributed by atoms with van der Waals surface area (Å²) in [6.07, 6.45) is -2.56. The van der Waals surface area contributed by atoms with Crippen LogP contribution in [-0.4, -0.2) is 36.2 Å². The third kappa shape index (κ3) is 6.06. The van der Waals surface area contributed by atoms with Crippen LogP contribution in [0.25, 0.3) is 0 Å². The van der Waals surface area contributed by atoms with Crippen molar-refractivity contribution in [3.05, 3.63) is 42.0 Å². The number of ether oxygens (including phenoxy) is 3. The molecule has 0 amide bonds. The molecule has 0 N–H and O–H groups in total. The van der Waals surface area contributed by atoms with E-state index in [9.17, 15) is 22.8 Å². The van der Waals surface area contributed by atoms with Crippen LogP contribution in [0.1, 0.15) is 19.4 Å². The zero-order valence-electron chi connectivity index (χ0n) is 14.0. The molecule has 0 unspecified atom stereocenters. The number of esters is 2. The van der Waals surface area contributed by atoms with E-state index in [2.05, 4.69) is 0 Å². The maximum Gasteiger partial charge on any atom is 0.416 e. The summed E-state index contributed by atoms with van der Waals surface area (Å²) < 4.78 is 53.6. The molecule has 2 rings (SSSR count). The fraction of sp³-hybridized carbons (Fsp3) is 0.412. The van der Waals surface area contributed by atoms with E-state index in [4.69, 9.17) is 14.2 Å². The first-order valence-corrected chi connectivity index (χ1v) is 8.51. The lowest BCUT2D eigenvalue weighted by Crippen LogP contribution is -2.40. The summed E-state index contributed by atoms with van der Waals surface area (Å²) in [4.78, 5) is 22.7. The summed E-state index contributed by atoms with van der Waals surface area (Å²) in [5, 5.41) is 0. The lowest BCUT2D eigenvalue weighted by Gasteiger charge is -2.31. The van der Waals surface area contributed by atoms with Crippen LogP contribution in [0.5, 0.6) is 0 Å². The number of benzene rings is 1. The van der Waals surface area contributed by atoms with Crippen molar-refractivity contribution in [2.75, 3.05) is 6.61 Å². The van der Waals surface area contributed by atoms with Crippen LogP contribution in [0.4, 0.5) is 13.2 Å². The van der Waals surface area contributed by atoms with Gasteiger partial charge in [-0.1, -0.05) is 11.8 Å². The number of halogens is 3. The van der Waals surface area contributed by atoms with Crippen LogP contribution < -0.4 is 0 Å². The SMILES string of the molecule is CC(=O)OC[C@H]1O[C@H](Sc2ccc(C(F)(F)F)cc2)C=C[C@@H]1OC(C)=O. The second-order valence-corrected chi connectivity index (χ2v) is 6.62. The van der Waals surface area contributed by atoms with E-state index in [1.54, 1.807) is 12.2 Å². The molecular formula is C17H17F3O5S. The Morgan fingerprint density at radius 1 is 1.12 bits per heavy atom. The van der Waals surface area contributed by atoms with E-state index >= 15 is 0 Å². The third-order valence-electron chi connectivity index (χ3n) is 3.32. The fourth-order valence-corrected chi connectivity index (χ4v) is 3.11. The summed E-state index contributed by atoms with van der Waals surface area (Å²) in [5.74, 6) is -1.01. The number of hydrogen-bond donors (Lipinski definition) is 0. The molecule has 1 heterocycles. The molecule has 0 fully saturated rings. The number of carbonyl (C=O) groups is 2. The molecule has 142 valence electrons. The maximum atomic E-state index is 12.6. The summed E-state index contributed by atoms with van der Waals surface area (Å²) in [6.45, 7) is 2.38. The Balaban J connectivity index is 2.05. The number of rotatable bonds is 5. The van der Waals surface area contributed by atoms with Crippen molar-refractivity contribution in [1.82, 2.24) is 0 Å². The highest BCUT2D eigenvalue weighted by molar-refractivity contribution is 8.00. The molecule has 0 radical (unpaired) electrons. The van der Waals surface area contributed by atoms with Gasteiger partial charge in [-0.25, -0.2) is 0 Å². The van der Waals surface area contributed by atoms with Gasteiger partial charge in [0.15, 0.2) is 0 Å². The zero-order valence-corrected chi connectivity index (χ0v) is 14.8. The molecule has 0 saturated carbocycles. The van der Waals surface area contributed by atoms with E-state index in [1.165, 1.54) is 37.7 Å². The minimum Gasteiger partial charge on any atom is -0.463 e. The van der Waals surface area contributed by atoms with Crippen molar-refractivity contribution >= 4 is 23.7 Å². The largest absolute Gasteiger partial charge is 0.463 e. The first-order valence-electron chi connectivity index (χ1n) is 7.63. The number of hydrogen-bond acceptors (Lipinski definition) is 6. The third-order valence-corrected chi connectivity index (χ3v) is 4.36. The summed E-state index contributed by atoms with van der Waals surface area (Å²) >= 11 is 1.19. The highest BCUT2D eigenvalue weighted by Crippen LogP contribution is 2.33. The Morgan fingerprint density at radius 2 is 1.77 bits per heavy atom. The number of carbonyl (C=O) groups excluding carboxylic acids is 2. The van der Waals surface area contributed by atoms with Gasteiger partial charge in [-0.15, -0.1) is 0 Å². The zero-order chi connectivity index (χ0) is 19.3. The topological polar surface area (TPSA) is 61.8 Å². The summed E-state index contributed by atoms with van der Waals surface area (Å²) in [6, 6.07) is 4.69. The molecule has 1 aromatic carbocycles. The minimum absolute atomic E-state index is 0.109. The molecule has 0 aliphatic carbocycles. The summed E-state index contributed by atoms with van der Waals surface area (Å²) in [7, 11) is 0. The number of alkyl halides is 3. The van der Waals surface area contributed by atoms with Crippen LogP contribution in [-0.2, 0) is 30.0 Å². The average Bonchev–Trinajstić information content (AvgIpc) is 2.54. The van der Waals surface area contributed by atoms with Crippen LogP contribution >= 0.6 is 11.8 Å². The molecule has 26 heavy (non-hydrogen) atoms. The van der Waals surface area contributed by atoms with Gasteiger partial charge in [0.1, 0.15) is 24.3 Å². The van der Waals surface area contributed by atoms with E-state index in [0.29, 0.717) is 4.90 Å². The predicted octanol–water partition coefficient (Wildman–Crippen LogP) is 3.57. The smallest absolute Gasteiger partial charge is 0.416 e. The molecule has 0 bridgehead atoms. The van der Waals surface area contributed by atoms with Crippen LogP contribution in [0, 0.1) is 0 Å². The maximum absolute atomic E-state index is 12.6. The van der Waals surface area contributed by atoms with Gasteiger partial charge >= 0.3 is 18.1 Å². The first kappa shape index (κ1) is 20.3. The Labute approximate surface area is 152 Å².